The van der Waals surface area contributed by atoms with Crippen LogP contribution in [0.25, 0.3) is 0 Å². The molecular formula is C14H18BrNO4. The first kappa shape index (κ1) is 16.5. The molecule has 20 heavy (non-hydrogen) atoms. The minimum Gasteiger partial charge on any atom is -0.496 e. The summed E-state index contributed by atoms with van der Waals surface area (Å²) < 4.78 is 5.96. The van der Waals surface area contributed by atoms with E-state index in [-0.39, 0.29) is 12.3 Å². The summed E-state index contributed by atoms with van der Waals surface area (Å²) in [4.78, 5) is 22.5. The first-order chi connectivity index (χ1) is 9.47. The Balaban J connectivity index is 2.52. The molecule has 0 fully saturated rings. The van der Waals surface area contributed by atoms with Crippen LogP contribution in [0.2, 0.25) is 0 Å². The fourth-order valence-corrected chi connectivity index (χ4v) is 2.32. The lowest BCUT2D eigenvalue weighted by Crippen LogP contribution is -2.40. The molecule has 0 unspecified atom stereocenters. The average Bonchev–Trinajstić information content (AvgIpc) is 2.42. The van der Waals surface area contributed by atoms with Crippen molar-refractivity contribution >= 4 is 27.8 Å². The van der Waals surface area contributed by atoms with Crippen LogP contribution in [0, 0.1) is 0 Å². The van der Waals surface area contributed by atoms with E-state index in [4.69, 9.17) is 9.84 Å². The fraction of sp³-hybridized carbons (Fsp3) is 0.429. The first-order valence-corrected chi connectivity index (χ1v) is 7.11. The number of nitrogens with one attached hydrogen (secondary N) is 1. The second kappa shape index (κ2) is 7.89. The summed E-state index contributed by atoms with van der Waals surface area (Å²) in [5, 5.41) is 11.4. The minimum absolute atomic E-state index is 0.253. The standard InChI is InChI=1S/C14H18BrNO4/c1-3-11(14(18)19)16-13(17)7-5-9-4-6-12(20-2)10(15)8-9/h4,6,8,11H,3,5,7H2,1-2H3,(H,16,17)(H,18,19)/t11-/m0/s1. The molecule has 1 atom stereocenters. The predicted octanol–water partition coefficient (Wildman–Crippen LogP) is 2.37. The van der Waals surface area contributed by atoms with E-state index in [1.165, 1.54) is 0 Å². The van der Waals surface area contributed by atoms with Crippen LogP contribution >= 0.6 is 15.9 Å². The third-order valence-electron chi connectivity index (χ3n) is 2.90. The highest BCUT2D eigenvalue weighted by atomic mass is 79.9. The molecule has 0 radical (unpaired) electrons. The lowest BCUT2D eigenvalue weighted by Gasteiger charge is -2.12. The number of hydrogen-bond acceptors (Lipinski definition) is 3. The van der Waals surface area contributed by atoms with E-state index in [1.54, 1.807) is 14.0 Å². The molecule has 0 aliphatic rings. The summed E-state index contributed by atoms with van der Waals surface area (Å²) in [6, 6.07) is 4.78. The topological polar surface area (TPSA) is 75.6 Å². The van der Waals surface area contributed by atoms with E-state index in [1.807, 2.05) is 18.2 Å². The van der Waals surface area contributed by atoms with Crippen molar-refractivity contribution in [3.63, 3.8) is 0 Å². The number of carbonyl (C=O) groups is 2. The van der Waals surface area contributed by atoms with Crippen LogP contribution in [0.4, 0.5) is 0 Å². The molecule has 0 heterocycles. The fourth-order valence-electron chi connectivity index (χ4n) is 1.73. The van der Waals surface area contributed by atoms with Crippen LogP contribution in [-0.2, 0) is 16.0 Å². The Morgan fingerprint density at radius 3 is 2.65 bits per heavy atom. The largest absolute Gasteiger partial charge is 0.496 e. The van der Waals surface area contributed by atoms with Gasteiger partial charge in [0.05, 0.1) is 11.6 Å². The van der Waals surface area contributed by atoms with Gasteiger partial charge in [-0.2, -0.15) is 0 Å². The maximum atomic E-state index is 11.7. The maximum absolute atomic E-state index is 11.7. The second-order valence-corrected chi connectivity index (χ2v) is 5.19. The molecule has 1 rings (SSSR count). The molecule has 0 bridgehead atoms. The van der Waals surface area contributed by atoms with Crippen LogP contribution in [0.5, 0.6) is 5.75 Å². The monoisotopic (exact) mass is 343 g/mol. The van der Waals surface area contributed by atoms with Crippen molar-refractivity contribution in [2.75, 3.05) is 7.11 Å². The molecule has 5 nitrogen and oxygen atoms in total. The van der Waals surface area contributed by atoms with Gasteiger partial charge >= 0.3 is 5.97 Å². The van der Waals surface area contributed by atoms with Crippen molar-refractivity contribution in [3.8, 4) is 5.75 Å². The molecule has 0 spiro atoms. The van der Waals surface area contributed by atoms with Crippen LogP contribution in [-0.4, -0.2) is 30.1 Å². The van der Waals surface area contributed by atoms with Gasteiger partial charge < -0.3 is 15.2 Å². The molecule has 2 N–H and O–H groups in total. The molecule has 0 saturated heterocycles. The van der Waals surface area contributed by atoms with Gasteiger partial charge in [0.15, 0.2) is 0 Å². The van der Waals surface area contributed by atoms with Crippen LogP contribution in [0.15, 0.2) is 22.7 Å². The van der Waals surface area contributed by atoms with Crippen molar-refractivity contribution in [1.82, 2.24) is 5.32 Å². The highest BCUT2D eigenvalue weighted by molar-refractivity contribution is 9.10. The van der Waals surface area contributed by atoms with Gasteiger partial charge in [0.1, 0.15) is 11.8 Å². The molecule has 1 aromatic rings. The first-order valence-electron chi connectivity index (χ1n) is 6.32. The SMILES string of the molecule is CC[C@H](NC(=O)CCc1ccc(OC)c(Br)c1)C(=O)O. The summed E-state index contributed by atoms with van der Waals surface area (Å²) in [6.07, 6.45) is 1.17. The van der Waals surface area contributed by atoms with Gasteiger partial charge in [0.25, 0.3) is 0 Å². The summed E-state index contributed by atoms with van der Waals surface area (Å²) in [6.45, 7) is 1.72. The molecule has 6 heteroatoms. The Morgan fingerprint density at radius 2 is 2.15 bits per heavy atom. The number of methoxy groups -OCH3 is 1. The zero-order valence-electron chi connectivity index (χ0n) is 11.5. The van der Waals surface area contributed by atoms with Gasteiger partial charge in [-0.15, -0.1) is 0 Å². The quantitative estimate of drug-likeness (QED) is 0.796. The molecule has 0 saturated carbocycles. The van der Waals surface area contributed by atoms with E-state index in [0.29, 0.717) is 12.8 Å². The number of halogens is 1. The van der Waals surface area contributed by atoms with Gasteiger partial charge in [-0.25, -0.2) is 4.79 Å². The summed E-state index contributed by atoms with van der Waals surface area (Å²) in [5.74, 6) is -0.533. The van der Waals surface area contributed by atoms with E-state index in [0.717, 1.165) is 15.8 Å². The van der Waals surface area contributed by atoms with E-state index < -0.39 is 12.0 Å². The summed E-state index contributed by atoms with van der Waals surface area (Å²) in [5.41, 5.74) is 0.983. The third kappa shape index (κ3) is 4.85. The third-order valence-corrected chi connectivity index (χ3v) is 3.52. The van der Waals surface area contributed by atoms with Gasteiger partial charge in [-0.05, 0) is 46.5 Å². The Bertz CT molecular complexity index is 490. The predicted molar refractivity (Wildman–Crippen MR) is 78.9 cm³/mol. The number of carboxylic acid groups (broad SMARTS) is 1. The number of benzene rings is 1. The van der Waals surface area contributed by atoms with Gasteiger partial charge in [0, 0.05) is 6.42 Å². The van der Waals surface area contributed by atoms with Crippen molar-refractivity contribution in [2.45, 2.75) is 32.2 Å². The normalized spacial score (nSPS) is 11.8. The minimum atomic E-state index is -1.01. The van der Waals surface area contributed by atoms with E-state index in [2.05, 4.69) is 21.2 Å². The molecule has 0 aromatic heterocycles. The number of ether oxygens (including phenoxy) is 1. The summed E-state index contributed by atoms with van der Waals surface area (Å²) >= 11 is 3.38. The van der Waals surface area contributed by atoms with Crippen molar-refractivity contribution < 1.29 is 19.4 Å². The van der Waals surface area contributed by atoms with Crippen molar-refractivity contribution in [3.05, 3.63) is 28.2 Å². The Labute approximate surface area is 126 Å². The molecule has 0 aliphatic carbocycles. The highest BCUT2D eigenvalue weighted by Crippen LogP contribution is 2.25. The van der Waals surface area contributed by atoms with Crippen LogP contribution < -0.4 is 10.1 Å². The molecule has 1 aromatic carbocycles. The van der Waals surface area contributed by atoms with E-state index >= 15 is 0 Å². The molecular weight excluding hydrogens is 326 g/mol. The Kier molecular flexibility index (Phi) is 6.51. The number of hydrogen-bond donors (Lipinski definition) is 2. The zero-order chi connectivity index (χ0) is 15.1. The number of aliphatic carboxylic acids is 1. The molecule has 1 amide bonds. The number of carboxylic acids is 1. The Morgan fingerprint density at radius 1 is 1.45 bits per heavy atom. The summed E-state index contributed by atoms with van der Waals surface area (Å²) in [7, 11) is 1.59. The smallest absolute Gasteiger partial charge is 0.326 e. The van der Waals surface area contributed by atoms with E-state index in [9.17, 15) is 9.59 Å². The van der Waals surface area contributed by atoms with Gasteiger partial charge in [-0.1, -0.05) is 13.0 Å². The highest BCUT2D eigenvalue weighted by Gasteiger charge is 2.17. The van der Waals surface area contributed by atoms with Gasteiger partial charge in [0.2, 0.25) is 5.91 Å². The van der Waals surface area contributed by atoms with Crippen LogP contribution in [0.1, 0.15) is 25.3 Å². The Hall–Kier alpha value is -1.56. The van der Waals surface area contributed by atoms with Crippen molar-refractivity contribution in [1.29, 1.82) is 0 Å². The lowest BCUT2D eigenvalue weighted by atomic mass is 10.1. The molecule has 110 valence electrons. The lowest BCUT2D eigenvalue weighted by molar-refractivity contribution is -0.141. The zero-order valence-corrected chi connectivity index (χ0v) is 13.1. The number of aryl methyl sites for hydroxylation is 1. The average molecular weight is 344 g/mol. The number of carbonyl (C=O) groups excluding carboxylic acids is 1. The van der Waals surface area contributed by atoms with Crippen LogP contribution in [0.3, 0.4) is 0 Å². The number of rotatable bonds is 7. The second-order valence-electron chi connectivity index (χ2n) is 4.34. The van der Waals surface area contributed by atoms with Crippen molar-refractivity contribution in [2.24, 2.45) is 0 Å². The molecule has 0 aliphatic heterocycles. The number of amides is 1. The van der Waals surface area contributed by atoms with Gasteiger partial charge in [-0.3, -0.25) is 4.79 Å². The maximum Gasteiger partial charge on any atom is 0.326 e.